The highest BCUT2D eigenvalue weighted by Gasteiger charge is 2.26. The van der Waals surface area contributed by atoms with Gasteiger partial charge in [0.2, 0.25) is 6.41 Å². The molecule has 0 saturated carbocycles. The summed E-state index contributed by atoms with van der Waals surface area (Å²) < 4.78 is 17.9. The first-order valence-electron chi connectivity index (χ1n) is 6.77. The maximum absolute atomic E-state index is 13.0. The topological polar surface area (TPSA) is 55.6 Å². The molecule has 2 N–H and O–H groups in total. The summed E-state index contributed by atoms with van der Waals surface area (Å²) in [5.41, 5.74) is 6.56. The van der Waals surface area contributed by atoms with Gasteiger partial charge in [-0.3, -0.25) is 4.79 Å². The molecule has 2 atom stereocenters. The molecule has 4 nitrogen and oxygen atoms in total. The summed E-state index contributed by atoms with van der Waals surface area (Å²) >= 11 is 0. The summed E-state index contributed by atoms with van der Waals surface area (Å²) in [7, 11) is 1.70. The number of likely N-dealkylation sites (tertiary alicyclic amines) is 1. The zero-order valence-corrected chi connectivity index (χ0v) is 11.9. The van der Waals surface area contributed by atoms with Crippen LogP contribution in [0.4, 0.5) is 4.39 Å². The lowest BCUT2D eigenvalue weighted by Crippen LogP contribution is -2.43. The van der Waals surface area contributed by atoms with E-state index in [-0.39, 0.29) is 12.5 Å². The molecular formula is C15H23FN2O2. The van der Waals surface area contributed by atoms with Gasteiger partial charge in [0.15, 0.2) is 0 Å². The van der Waals surface area contributed by atoms with Gasteiger partial charge >= 0.3 is 0 Å². The highest BCUT2D eigenvalue weighted by Crippen LogP contribution is 2.18. The van der Waals surface area contributed by atoms with Crippen LogP contribution in [-0.4, -0.2) is 44.2 Å². The van der Waals surface area contributed by atoms with Crippen molar-refractivity contribution in [1.82, 2.24) is 4.90 Å². The molecule has 112 valence electrons. The van der Waals surface area contributed by atoms with Crippen LogP contribution in [0.5, 0.6) is 0 Å². The predicted octanol–water partition coefficient (Wildman–Crippen LogP) is 1.59. The zero-order chi connectivity index (χ0) is 14.8. The number of carbonyl (C=O) groups is 1. The van der Waals surface area contributed by atoms with Gasteiger partial charge in [-0.1, -0.05) is 30.3 Å². The lowest BCUT2D eigenvalue weighted by molar-refractivity contribution is -0.120. The first kappa shape index (κ1) is 16.6. The van der Waals surface area contributed by atoms with E-state index in [1.54, 1.807) is 7.11 Å². The van der Waals surface area contributed by atoms with Crippen LogP contribution in [-0.2, 0) is 16.1 Å². The van der Waals surface area contributed by atoms with Gasteiger partial charge in [0.1, 0.15) is 6.17 Å². The Balaban J connectivity index is 0.000000204. The number of rotatable bonds is 4. The maximum atomic E-state index is 13.0. The molecule has 0 aliphatic carbocycles. The van der Waals surface area contributed by atoms with Gasteiger partial charge in [-0.05, 0) is 18.5 Å². The number of hydrogen-bond acceptors (Lipinski definition) is 3. The molecular weight excluding hydrogens is 259 g/mol. The van der Waals surface area contributed by atoms with E-state index >= 15 is 0 Å². The molecule has 1 saturated heterocycles. The molecule has 5 heteroatoms. The van der Waals surface area contributed by atoms with Crippen LogP contribution < -0.4 is 5.73 Å². The fourth-order valence-corrected chi connectivity index (χ4v) is 2.08. The quantitative estimate of drug-likeness (QED) is 0.853. The van der Waals surface area contributed by atoms with Crippen LogP contribution in [0.15, 0.2) is 30.3 Å². The van der Waals surface area contributed by atoms with Gasteiger partial charge < -0.3 is 15.4 Å². The number of alkyl halides is 1. The number of benzene rings is 1. The number of carbonyl (C=O) groups excluding carboxylic acids is 1. The third-order valence-corrected chi connectivity index (χ3v) is 3.31. The van der Waals surface area contributed by atoms with Crippen molar-refractivity contribution in [3.63, 3.8) is 0 Å². The second kappa shape index (κ2) is 9.44. The Morgan fingerprint density at radius 1 is 1.45 bits per heavy atom. The van der Waals surface area contributed by atoms with E-state index in [0.717, 1.165) is 0 Å². The first-order chi connectivity index (χ1) is 9.71. The fraction of sp³-hybridized carbons (Fsp3) is 0.533. The largest absolute Gasteiger partial charge is 0.380 e. The van der Waals surface area contributed by atoms with Crippen molar-refractivity contribution in [2.75, 3.05) is 26.7 Å². The molecule has 20 heavy (non-hydrogen) atoms. The van der Waals surface area contributed by atoms with E-state index < -0.39 is 6.17 Å². The van der Waals surface area contributed by atoms with Crippen molar-refractivity contribution in [3.05, 3.63) is 35.9 Å². The molecule has 1 unspecified atom stereocenters. The molecule has 0 spiro atoms. The number of hydrogen-bond donors (Lipinski definition) is 1. The third-order valence-electron chi connectivity index (χ3n) is 3.31. The van der Waals surface area contributed by atoms with Crippen molar-refractivity contribution in [3.8, 4) is 0 Å². The van der Waals surface area contributed by atoms with Gasteiger partial charge in [0, 0.05) is 19.6 Å². The van der Waals surface area contributed by atoms with Gasteiger partial charge in [0.25, 0.3) is 0 Å². The van der Waals surface area contributed by atoms with Crippen LogP contribution in [0.2, 0.25) is 0 Å². The summed E-state index contributed by atoms with van der Waals surface area (Å²) in [5.74, 6) is -0.0498. The molecule has 1 fully saturated rings. The molecule has 1 amide bonds. The molecule has 1 aromatic rings. The number of nitrogens with two attached hydrogens (primary N) is 1. The minimum absolute atomic E-state index is 0.0498. The van der Waals surface area contributed by atoms with E-state index in [1.165, 1.54) is 10.5 Å². The van der Waals surface area contributed by atoms with Crippen molar-refractivity contribution in [1.29, 1.82) is 0 Å². The van der Waals surface area contributed by atoms with Crippen molar-refractivity contribution in [2.45, 2.75) is 19.2 Å². The molecule has 1 aromatic carbocycles. The minimum atomic E-state index is -0.932. The number of halogens is 1. The normalized spacial score (nSPS) is 21.9. The van der Waals surface area contributed by atoms with Gasteiger partial charge in [-0.2, -0.15) is 0 Å². The Labute approximate surface area is 119 Å². The van der Waals surface area contributed by atoms with Gasteiger partial charge in [-0.25, -0.2) is 4.39 Å². The van der Waals surface area contributed by atoms with Crippen LogP contribution in [0, 0.1) is 5.92 Å². The number of amides is 1. The average Bonchev–Trinajstić information content (AvgIpc) is 2.49. The molecule has 0 aromatic heterocycles. The van der Waals surface area contributed by atoms with E-state index in [0.29, 0.717) is 32.5 Å². The maximum Gasteiger partial charge on any atom is 0.209 e. The van der Waals surface area contributed by atoms with Crippen LogP contribution in [0.1, 0.15) is 12.0 Å². The Bertz CT molecular complexity index is 375. The van der Waals surface area contributed by atoms with E-state index in [2.05, 4.69) is 0 Å². The highest BCUT2D eigenvalue weighted by atomic mass is 19.1. The molecule has 1 aliphatic heterocycles. The fourth-order valence-electron chi connectivity index (χ4n) is 2.08. The van der Waals surface area contributed by atoms with Crippen molar-refractivity contribution in [2.24, 2.45) is 11.7 Å². The Morgan fingerprint density at radius 2 is 2.15 bits per heavy atom. The SMILES string of the molecule is COCc1ccccc1.NC[C@H]1CCN(C=O)CC1F. The second-order valence-corrected chi connectivity index (χ2v) is 4.82. The first-order valence-corrected chi connectivity index (χ1v) is 6.77. The Morgan fingerprint density at radius 3 is 2.65 bits per heavy atom. The van der Waals surface area contributed by atoms with E-state index in [4.69, 9.17) is 10.5 Å². The van der Waals surface area contributed by atoms with E-state index in [1.807, 2.05) is 30.3 Å². The number of piperidine rings is 1. The molecule has 0 bridgehead atoms. The number of nitrogens with zero attached hydrogens (tertiary/aromatic N) is 1. The number of ether oxygens (including phenoxy) is 1. The molecule has 2 rings (SSSR count). The summed E-state index contributed by atoms with van der Waals surface area (Å²) in [6.07, 6.45) is 0.453. The Kier molecular flexibility index (Phi) is 7.84. The summed E-state index contributed by atoms with van der Waals surface area (Å²) in [6, 6.07) is 10.1. The summed E-state index contributed by atoms with van der Waals surface area (Å²) in [6.45, 7) is 1.95. The lowest BCUT2D eigenvalue weighted by atomic mass is 9.96. The summed E-state index contributed by atoms with van der Waals surface area (Å²) in [5, 5.41) is 0. The Hall–Kier alpha value is -1.46. The zero-order valence-electron chi connectivity index (χ0n) is 11.9. The standard InChI is InChI=1S/C8H10O.C7H13FN2O/c1-9-7-8-5-3-2-4-6-8;8-7-4-10(5-11)2-1-6(7)3-9/h2-6H,7H2,1H3;5-7H,1-4,9H2/t;6-,7?/m.1/s1. The average molecular weight is 282 g/mol. The molecule has 1 heterocycles. The van der Waals surface area contributed by atoms with Crippen molar-refractivity contribution >= 4 is 6.41 Å². The highest BCUT2D eigenvalue weighted by molar-refractivity contribution is 5.47. The molecule has 1 aliphatic rings. The van der Waals surface area contributed by atoms with Gasteiger partial charge in [-0.15, -0.1) is 0 Å². The molecule has 0 radical (unpaired) electrons. The van der Waals surface area contributed by atoms with Crippen LogP contribution in [0.3, 0.4) is 0 Å². The lowest BCUT2D eigenvalue weighted by Gasteiger charge is -2.31. The second-order valence-electron chi connectivity index (χ2n) is 4.82. The predicted molar refractivity (Wildman–Crippen MR) is 76.8 cm³/mol. The van der Waals surface area contributed by atoms with E-state index in [9.17, 15) is 9.18 Å². The third kappa shape index (κ3) is 5.67. The van der Waals surface area contributed by atoms with Crippen LogP contribution >= 0.6 is 0 Å². The van der Waals surface area contributed by atoms with Crippen molar-refractivity contribution < 1.29 is 13.9 Å². The van der Waals surface area contributed by atoms with Crippen LogP contribution in [0.25, 0.3) is 0 Å². The smallest absolute Gasteiger partial charge is 0.209 e. The number of methoxy groups -OCH3 is 1. The van der Waals surface area contributed by atoms with Gasteiger partial charge in [0.05, 0.1) is 13.2 Å². The summed E-state index contributed by atoms with van der Waals surface area (Å²) in [4.78, 5) is 11.7. The minimum Gasteiger partial charge on any atom is -0.380 e. The monoisotopic (exact) mass is 282 g/mol.